The molecule has 0 aliphatic heterocycles. The first-order valence-corrected chi connectivity index (χ1v) is 11.8. The number of carbonyl (C=O) groups excluding carboxylic acids is 1. The van der Waals surface area contributed by atoms with Gasteiger partial charge in [0.15, 0.2) is 0 Å². The van der Waals surface area contributed by atoms with Gasteiger partial charge in [0.25, 0.3) is 15.9 Å². The quantitative estimate of drug-likeness (QED) is 0.668. The van der Waals surface area contributed by atoms with Gasteiger partial charge < -0.3 is 4.90 Å². The van der Waals surface area contributed by atoms with E-state index in [1.165, 1.54) is 29.6 Å². The van der Waals surface area contributed by atoms with Crippen LogP contribution in [-0.2, 0) is 10.0 Å². The van der Waals surface area contributed by atoms with E-state index in [9.17, 15) is 13.2 Å². The van der Waals surface area contributed by atoms with Crippen molar-refractivity contribution in [3.8, 4) is 0 Å². The van der Waals surface area contributed by atoms with Crippen LogP contribution in [0.5, 0.6) is 0 Å². The third kappa shape index (κ3) is 4.99. The first-order valence-electron chi connectivity index (χ1n) is 10.4. The minimum absolute atomic E-state index is 0.129. The highest BCUT2D eigenvalue weighted by molar-refractivity contribution is 7.92. The van der Waals surface area contributed by atoms with Gasteiger partial charge in [0, 0.05) is 25.7 Å². The van der Waals surface area contributed by atoms with Gasteiger partial charge in [-0.3, -0.25) is 9.10 Å². The van der Waals surface area contributed by atoms with E-state index in [-0.39, 0.29) is 10.8 Å². The van der Waals surface area contributed by atoms with E-state index in [2.05, 4.69) is 0 Å². The van der Waals surface area contributed by atoms with Gasteiger partial charge in [-0.25, -0.2) is 8.42 Å². The van der Waals surface area contributed by atoms with Crippen molar-refractivity contribution in [1.82, 2.24) is 4.90 Å². The summed E-state index contributed by atoms with van der Waals surface area (Å²) < 4.78 is 27.8. The van der Waals surface area contributed by atoms with Gasteiger partial charge >= 0.3 is 0 Å². The number of sulfonamides is 1. The van der Waals surface area contributed by atoms with Gasteiger partial charge in [0.05, 0.1) is 10.6 Å². The maximum Gasteiger partial charge on any atom is 0.264 e. The van der Waals surface area contributed by atoms with E-state index in [1.54, 1.807) is 49.2 Å². The summed E-state index contributed by atoms with van der Waals surface area (Å²) in [5.74, 6) is 0.411. The van der Waals surface area contributed by atoms with Crippen molar-refractivity contribution in [2.45, 2.75) is 43.9 Å². The molecule has 0 spiro atoms. The van der Waals surface area contributed by atoms with Gasteiger partial charge in [-0.1, -0.05) is 43.5 Å². The van der Waals surface area contributed by atoms with Crippen molar-refractivity contribution < 1.29 is 13.2 Å². The van der Waals surface area contributed by atoms with Crippen molar-refractivity contribution in [2.24, 2.45) is 5.92 Å². The summed E-state index contributed by atoms with van der Waals surface area (Å²) in [6.45, 7) is 2.84. The molecule has 0 atom stereocenters. The van der Waals surface area contributed by atoms with Gasteiger partial charge in [-0.15, -0.1) is 0 Å². The monoisotopic (exact) mass is 414 g/mol. The Morgan fingerprint density at radius 1 is 1.00 bits per heavy atom. The van der Waals surface area contributed by atoms with Gasteiger partial charge in [0.2, 0.25) is 0 Å². The number of para-hydroxylation sites is 1. The Bertz CT molecular complexity index is 922. The van der Waals surface area contributed by atoms with E-state index >= 15 is 0 Å². The molecule has 1 saturated carbocycles. The highest BCUT2D eigenvalue weighted by atomic mass is 32.2. The van der Waals surface area contributed by atoms with Crippen molar-refractivity contribution in [3.63, 3.8) is 0 Å². The third-order valence-electron chi connectivity index (χ3n) is 5.60. The topological polar surface area (TPSA) is 57.7 Å². The first-order chi connectivity index (χ1) is 13.9. The molecular weight excluding hydrogens is 384 g/mol. The van der Waals surface area contributed by atoms with Crippen LogP contribution in [-0.4, -0.2) is 39.4 Å². The van der Waals surface area contributed by atoms with E-state index in [4.69, 9.17) is 0 Å². The molecule has 0 heterocycles. The minimum atomic E-state index is -3.75. The van der Waals surface area contributed by atoms with Crippen LogP contribution >= 0.6 is 0 Å². The molecule has 29 heavy (non-hydrogen) atoms. The molecule has 0 aromatic heterocycles. The van der Waals surface area contributed by atoms with E-state index < -0.39 is 10.0 Å². The Kier molecular flexibility index (Phi) is 6.96. The summed E-state index contributed by atoms with van der Waals surface area (Å²) in [5.41, 5.74) is 1.02. The lowest BCUT2D eigenvalue weighted by molar-refractivity contribution is 0.0760. The molecule has 0 N–H and O–H groups in total. The lowest BCUT2D eigenvalue weighted by Gasteiger charge is -2.27. The van der Waals surface area contributed by atoms with Crippen molar-refractivity contribution in [2.75, 3.05) is 24.4 Å². The number of carbonyl (C=O) groups is 1. The Balaban J connectivity index is 1.81. The predicted octanol–water partition coefficient (Wildman–Crippen LogP) is 4.55. The van der Waals surface area contributed by atoms with Crippen LogP contribution in [0, 0.1) is 5.92 Å². The number of amides is 1. The lowest BCUT2D eigenvalue weighted by atomic mass is 9.89. The first kappa shape index (κ1) is 21.4. The zero-order valence-electron chi connectivity index (χ0n) is 17.3. The average molecular weight is 415 g/mol. The molecule has 0 unspecified atom stereocenters. The van der Waals surface area contributed by atoms with Crippen LogP contribution in [0.3, 0.4) is 0 Å². The number of nitrogens with zero attached hydrogens (tertiary/aromatic N) is 2. The van der Waals surface area contributed by atoms with Crippen LogP contribution < -0.4 is 4.31 Å². The number of benzene rings is 2. The molecule has 1 fully saturated rings. The molecule has 1 aliphatic rings. The number of anilines is 1. The zero-order valence-corrected chi connectivity index (χ0v) is 18.1. The van der Waals surface area contributed by atoms with Crippen LogP contribution in [0.1, 0.15) is 49.4 Å². The van der Waals surface area contributed by atoms with Crippen LogP contribution in [0.15, 0.2) is 59.5 Å². The summed E-state index contributed by atoms with van der Waals surface area (Å²) in [5, 5.41) is 0. The molecule has 1 aliphatic carbocycles. The standard InChI is InChI=1S/C23H30N2O3S/c1-3-25(21-14-8-5-9-15-21)29(27,28)22-16-10-13-20(17-22)23(26)24(2)18-19-11-6-4-7-12-19/h5,8-10,13-17,19H,3-4,6-7,11-12,18H2,1-2H3. The molecule has 0 bridgehead atoms. The molecule has 156 valence electrons. The lowest BCUT2D eigenvalue weighted by Crippen LogP contribution is -2.33. The average Bonchev–Trinajstić information content (AvgIpc) is 2.75. The van der Waals surface area contributed by atoms with Crippen molar-refractivity contribution in [3.05, 3.63) is 60.2 Å². The SMILES string of the molecule is CCN(c1ccccc1)S(=O)(=O)c1cccc(C(=O)N(C)CC2CCCCC2)c1. The molecule has 3 rings (SSSR count). The van der Waals surface area contributed by atoms with Crippen molar-refractivity contribution >= 4 is 21.6 Å². The Morgan fingerprint density at radius 2 is 1.69 bits per heavy atom. The summed E-state index contributed by atoms with van der Waals surface area (Å²) >= 11 is 0. The second-order valence-electron chi connectivity index (χ2n) is 7.72. The second-order valence-corrected chi connectivity index (χ2v) is 9.59. The molecule has 1 amide bonds. The Labute approximate surface area is 174 Å². The fourth-order valence-electron chi connectivity index (χ4n) is 4.06. The Hall–Kier alpha value is -2.34. The third-order valence-corrected chi connectivity index (χ3v) is 7.50. The maximum absolute atomic E-state index is 13.2. The van der Waals surface area contributed by atoms with Crippen molar-refractivity contribution in [1.29, 1.82) is 0 Å². The summed E-state index contributed by atoms with van der Waals surface area (Å²) in [6, 6.07) is 15.4. The highest BCUT2D eigenvalue weighted by Crippen LogP contribution is 2.26. The normalized spacial score (nSPS) is 15.1. The number of hydrogen-bond acceptors (Lipinski definition) is 3. The summed E-state index contributed by atoms with van der Waals surface area (Å²) in [6.07, 6.45) is 6.06. The minimum Gasteiger partial charge on any atom is -0.341 e. The molecule has 0 saturated heterocycles. The number of rotatable bonds is 7. The van der Waals surface area contributed by atoms with Gasteiger partial charge in [0.1, 0.15) is 0 Å². The molecule has 0 radical (unpaired) electrons. The summed E-state index contributed by atoms with van der Waals surface area (Å²) in [7, 11) is -1.94. The molecule has 6 heteroatoms. The zero-order chi connectivity index (χ0) is 20.9. The second kappa shape index (κ2) is 9.44. The largest absolute Gasteiger partial charge is 0.341 e. The summed E-state index contributed by atoms with van der Waals surface area (Å²) in [4.78, 5) is 14.8. The van der Waals surface area contributed by atoms with Crippen LogP contribution in [0.4, 0.5) is 5.69 Å². The highest BCUT2D eigenvalue weighted by Gasteiger charge is 2.25. The maximum atomic E-state index is 13.2. The molecule has 2 aromatic carbocycles. The fraction of sp³-hybridized carbons (Fsp3) is 0.435. The van der Waals surface area contributed by atoms with E-state index in [0.29, 0.717) is 23.7 Å². The Morgan fingerprint density at radius 3 is 2.34 bits per heavy atom. The van der Waals surface area contributed by atoms with E-state index in [0.717, 1.165) is 19.4 Å². The molecular formula is C23H30N2O3S. The fourth-order valence-corrected chi connectivity index (χ4v) is 5.58. The van der Waals surface area contributed by atoms with Gasteiger partial charge in [-0.05, 0) is 56.0 Å². The number of hydrogen-bond donors (Lipinski definition) is 0. The van der Waals surface area contributed by atoms with Crippen LogP contribution in [0.25, 0.3) is 0 Å². The van der Waals surface area contributed by atoms with E-state index in [1.807, 2.05) is 18.2 Å². The molecule has 5 nitrogen and oxygen atoms in total. The van der Waals surface area contributed by atoms with Crippen LogP contribution in [0.2, 0.25) is 0 Å². The van der Waals surface area contributed by atoms with Gasteiger partial charge in [-0.2, -0.15) is 0 Å². The molecule has 2 aromatic rings. The smallest absolute Gasteiger partial charge is 0.264 e. The predicted molar refractivity (Wildman–Crippen MR) is 117 cm³/mol.